The van der Waals surface area contributed by atoms with E-state index in [0.29, 0.717) is 5.78 Å². The molecule has 1 unspecified atom stereocenters. The first kappa shape index (κ1) is 16.9. The van der Waals surface area contributed by atoms with Gasteiger partial charge in [0.1, 0.15) is 5.75 Å². The molecule has 1 amide bonds. The van der Waals surface area contributed by atoms with E-state index in [1.807, 2.05) is 37.3 Å². The van der Waals surface area contributed by atoms with Crippen molar-refractivity contribution in [2.75, 3.05) is 7.11 Å². The molecule has 3 aromatic rings. The average Bonchev–Trinajstić information content (AvgIpc) is 3.05. The number of nitrogens with one attached hydrogen (secondary N) is 1. The molecule has 0 saturated heterocycles. The van der Waals surface area contributed by atoms with Gasteiger partial charge in [-0.1, -0.05) is 26.0 Å². The first-order valence-corrected chi connectivity index (χ1v) is 8.13. The van der Waals surface area contributed by atoms with Crippen LogP contribution in [0, 0.1) is 12.8 Å². The molecule has 0 aliphatic rings. The van der Waals surface area contributed by atoms with Crippen molar-refractivity contribution in [3.63, 3.8) is 0 Å². The Morgan fingerprint density at radius 1 is 1.20 bits per heavy atom. The highest BCUT2D eigenvalue weighted by atomic mass is 16.5. The highest BCUT2D eigenvalue weighted by Crippen LogP contribution is 2.24. The van der Waals surface area contributed by atoms with Crippen LogP contribution in [0.2, 0.25) is 0 Å². The topological polar surface area (TPSA) is 81.4 Å². The Bertz CT molecular complexity index is 886. The number of hydrogen-bond donors (Lipinski definition) is 1. The fourth-order valence-electron chi connectivity index (χ4n) is 2.65. The van der Waals surface area contributed by atoms with Crippen molar-refractivity contribution < 1.29 is 9.53 Å². The molecule has 7 nitrogen and oxygen atoms in total. The maximum atomic E-state index is 12.6. The Morgan fingerprint density at radius 3 is 2.52 bits per heavy atom. The number of carbonyl (C=O) groups is 1. The summed E-state index contributed by atoms with van der Waals surface area (Å²) in [6.45, 7) is 6.00. The van der Waals surface area contributed by atoms with Crippen molar-refractivity contribution >= 4 is 11.7 Å². The van der Waals surface area contributed by atoms with Crippen molar-refractivity contribution in [2.45, 2.75) is 26.8 Å². The summed E-state index contributed by atoms with van der Waals surface area (Å²) in [7, 11) is 1.63. The number of fused-ring (bicyclic) bond motifs is 1. The number of ether oxygens (including phenoxy) is 1. The van der Waals surface area contributed by atoms with Crippen LogP contribution in [0.5, 0.6) is 5.75 Å². The lowest BCUT2D eigenvalue weighted by atomic mass is 9.96. The molecule has 130 valence electrons. The van der Waals surface area contributed by atoms with Gasteiger partial charge < -0.3 is 10.1 Å². The number of amides is 1. The molecule has 3 rings (SSSR count). The summed E-state index contributed by atoms with van der Waals surface area (Å²) in [4.78, 5) is 21.0. The molecule has 7 heteroatoms. The van der Waals surface area contributed by atoms with Crippen LogP contribution >= 0.6 is 0 Å². The smallest absolute Gasteiger partial charge is 0.291 e. The third-order valence-electron chi connectivity index (χ3n) is 4.06. The maximum absolute atomic E-state index is 12.6. The molecule has 1 atom stereocenters. The van der Waals surface area contributed by atoms with Gasteiger partial charge in [-0.05, 0) is 36.6 Å². The lowest BCUT2D eigenvalue weighted by Gasteiger charge is -2.22. The largest absolute Gasteiger partial charge is 0.497 e. The van der Waals surface area contributed by atoms with Crippen molar-refractivity contribution in [3.05, 3.63) is 53.6 Å². The highest BCUT2D eigenvalue weighted by molar-refractivity contribution is 5.91. The first-order chi connectivity index (χ1) is 12.0. The van der Waals surface area contributed by atoms with Crippen LogP contribution in [0.1, 0.15) is 41.8 Å². The minimum Gasteiger partial charge on any atom is -0.497 e. The summed E-state index contributed by atoms with van der Waals surface area (Å²) in [6, 6.07) is 9.33. The predicted molar refractivity (Wildman–Crippen MR) is 93.6 cm³/mol. The second kappa shape index (κ2) is 6.88. The van der Waals surface area contributed by atoms with Gasteiger partial charge in [0.25, 0.3) is 11.7 Å². The molecule has 1 aromatic carbocycles. The standard InChI is InChI=1S/C18H21N5O2/c1-11(2)15(13-5-7-14(25-4)8-6-13)20-17(24)16-21-18-19-10-9-12(3)23(18)22-16/h5-11,15H,1-4H3,(H,20,24). The number of nitrogens with zero attached hydrogens (tertiary/aromatic N) is 4. The molecule has 2 aromatic heterocycles. The zero-order valence-corrected chi connectivity index (χ0v) is 14.7. The van der Waals surface area contributed by atoms with E-state index in [9.17, 15) is 4.79 Å². The van der Waals surface area contributed by atoms with E-state index < -0.39 is 0 Å². The van der Waals surface area contributed by atoms with E-state index in [1.54, 1.807) is 17.8 Å². The first-order valence-electron chi connectivity index (χ1n) is 8.13. The van der Waals surface area contributed by atoms with E-state index in [0.717, 1.165) is 17.0 Å². The molecule has 0 fully saturated rings. The third kappa shape index (κ3) is 3.45. The van der Waals surface area contributed by atoms with Crippen molar-refractivity contribution in [1.29, 1.82) is 0 Å². The molecule has 0 radical (unpaired) electrons. The monoisotopic (exact) mass is 339 g/mol. The van der Waals surface area contributed by atoms with Gasteiger partial charge in [-0.15, -0.1) is 5.10 Å². The van der Waals surface area contributed by atoms with Gasteiger partial charge in [-0.2, -0.15) is 4.98 Å². The van der Waals surface area contributed by atoms with Gasteiger partial charge in [0, 0.05) is 11.9 Å². The van der Waals surface area contributed by atoms with Crippen molar-refractivity contribution in [3.8, 4) is 5.75 Å². The zero-order chi connectivity index (χ0) is 18.0. The number of benzene rings is 1. The molecular weight excluding hydrogens is 318 g/mol. The molecule has 0 bridgehead atoms. The number of carbonyl (C=O) groups excluding carboxylic acids is 1. The number of rotatable bonds is 5. The Hall–Kier alpha value is -2.96. The molecule has 0 saturated carbocycles. The molecule has 0 spiro atoms. The van der Waals surface area contributed by atoms with Crippen molar-refractivity contribution in [1.82, 2.24) is 24.9 Å². The van der Waals surface area contributed by atoms with Gasteiger partial charge in [-0.3, -0.25) is 4.79 Å². The summed E-state index contributed by atoms with van der Waals surface area (Å²) in [6.07, 6.45) is 1.65. The molecular formula is C18H21N5O2. The second-order valence-electron chi connectivity index (χ2n) is 6.20. The fourth-order valence-corrected chi connectivity index (χ4v) is 2.65. The van der Waals surface area contributed by atoms with Crippen LogP contribution < -0.4 is 10.1 Å². The number of hydrogen-bond acceptors (Lipinski definition) is 5. The SMILES string of the molecule is COc1ccc(C(NC(=O)c2nc3nccc(C)n3n2)C(C)C)cc1. The minimum atomic E-state index is -0.320. The summed E-state index contributed by atoms with van der Waals surface area (Å²) >= 11 is 0. The fraction of sp³-hybridized carbons (Fsp3) is 0.333. The molecule has 1 N–H and O–H groups in total. The lowest BCUT2D eigenvalue weighted by Crippen LogP contribution is -2.32. The van der Waals surface area contributed by atoms with Crippen LogP contribution in [-0.2, 0) is 0 Å². The number of aryl methyl sites for hydroxylation is 1. The third-order valence-corrected chi connectivity index (χ3v) is 4.06. The second-order valence-corrected chi connectivity index (χ2v) is 6.20. The van der Waals surface area contributed by atoms with Gasteiger partial charge in [0.2, 0.25) is 5.82 Å². The Labute approximate surface area is 146 Å². The average molecular weight is 339 g/mol. The van der Waals surface area contributed by atoms with Crippen molar-refractivity contribution in [2.24, 2.45) is 5.92 Å². The van der Waals surface area contributed by atoms with Crippen LogP contribution in [0.4, 0.5) is 0 Å². The normalized spacial score (nSPS) is 12.4. The summed E-state index contributed by atoms with van der Waals surface area (Å²) in [5, 5.41) is 7.28. The van der Waals surface area contributed by atoms with Crippen LogP contribution in [0.15, 0.2) is 36.5 Å². The van der Waals surface area contributed by atoms with Gasteiger partial charge >= 0.3 is 0 Å². The van der Waals surface area contributed by atoms with E-state index >= 15 is 0 Å². The molecule has 25 heavy (non-hydrogen) atoms. The quantitative estimate of drug-likeness (QED) is 0.772. The van der Waals surface area contributed by atoms with Gasteiger partial charge in [-0.25, -0.2) is 9.50 Å². The van der Waals surface area contributed by atoms with Crippen LogP contribution in [-0.4, -0.2) is 32.6 Å². The zero-order valence-electron chi connectivity index (χ0n) is 14.7. The van der Waals surface area contributed by atoms with Crippen LogP contribution in [0.25, 0.3) is 5.78 Å². The minimum absolute atomic E-state index is 0.112. The van der Waals surface area contributed by atoms with E-state index in [-0.39, 0.29) is 23.7 Å². The Morgan fingerprint density at radius 2 is 1.92 bits per heavy atom. The Balaban J connectivity index is 1.85. The summed E-state index contributed by atoms with van der Waals surface area (Å²) in [5.41, 5.74) is 1.87. The summed E-state index contributed by atoms with van der Waals surface area (Å²) in [5.74, 6) is 1.19. The van der Waals surface area contributed by atoms with Gasteiger partial charge in [0.05, 0.1) is 13.2 Å². The molecule has 0 aliphatic carbocycles. The lowest BCUT2D eigenvalue weighted by molar-refractivity contribution is 0.0915. The van der Waals surface area contributed by atoms with E-state index in [2.05, 4.69) is 34.2 Å². The predicted octanol–water partition coefficient (Wildman–Crippen LogP) is 2.57. The van der Waals surface area contributed by atoms with Crippen LogP contribution in [0.3, 0.4) is 0 Å². The van der Waals surface area contributed by atoms with E-state index in [4.69, 9.17) is 4.74 Å². The van der Waals surface area contributed by atoms with E-state index in [1.165, 1.54) is 0 Å². The summed E-state index contributed by atoms with van der Waals surface area (Å²) < 4.78 is 6.75. The molecule has 2 heterocycles. The maximum Gasteiger partial charge on any atom is 0.291 e. The number of aromatic nitrogens is 4. The van der Waals surface area contributed by atoms with Gasteiger partial charge in [0.15, 0.2) is 0 Å². The highest BCUT2D eigenvalue weighted by Gasteiger charge is 2.22. The Kier molecular flexibility index (Phi) is 4.65. The number of methoxy groups -OCH3 is 1. The molecule has 0 aliphatic heterocycles.